The minimum atomic E-state index is -0.817. The largest absolute Gasteiger partial charge is 0.351 e. The summed E-state index contributed by atoms with van der Waals surface area (Å²) in [6, 6.07) is -0.817. The number of nitrogens with one attached hydrogen (secondary N) is 2. The van der Waals surface area contributed by atoms with Crippen LogP contribution in [0, 0.1) is 0 Å². The average Bonchev–Trinajstić information content (AvgIpc) is 1.82. The van der Waals surface area contributed by atoms with Gasteiger partial charge in [-0.3, -0.25) is 10.1 Å². The lowest BCUT2D eigenvalue weighted by atomic mass is 10.5. The van der Waals surface area contributed by atoms with E-state index < -0.39 is 11.9 Å². The van der Waals surface area contributed by atoms with E-state index in [2.05, 4.69) is 11.1 Å². The fourth-order valence-electron chi connectivity index (χ4n) is 0.420. The van der Waals surface area contributed by atoms with Gasteiger partial charge in [0.05, 0.1) is 6.54 Å². The van der Waals surface area contributed by atoms with Gasteiger partial charge < -0.3 is 11.1 Å². The van der Waals surface area contributed by atoms with Gasteiger partial charge in [-0.2, -0.15) is 0 Å². The molecule has 0 rings (SSSR count). The molecule has 0 radical (unpaired) electrons. The Hall–Kier alpha value is -1.10. The highest BCUT2D eigenvalue weighted by Crippen LogP contribution is 1.62. The molecule has 0 unspecified atom stereocenters. The van der Waals surface area contributed by atoms with Crippen LogP contribution in [-0.2, 0) is 4.79 Å². The van der Waals surface area contributed by atoms with E-state index in [0.717, 1.165) is 0 Å². The summed E-state index contributed by atoms with van der Waals surface area (Å²) in [6.07, 6.45) is 0. The normalized spacial score (nSPS) is 8.90. The number of carbonyl (C=O) groups is 2. The summed E-state index contributed by atoms with van der Waals surface area (Å²) in [5.74, 6) is -0.408. The molecular formula is C5H11N3O2. The number of primary amides is 1. The molecule has 58 valence electrons. The van der Waals surface area contributed by atoms with Crippen molar-refractivity contribution >= 4 is 11.9 Å². The zero-order valence-electron chi connectivity index (χ0n) is 5.81. The second-order valence-electron chi connectivity index (χ2n) is 1.69. The molecule has 0 aromatic rings. The smallest absolute Gasteiger partial charge is 0.318 e. The zero-order valence-corrected chi connectivity index (χ0v) is 5.81. The molecule has 0 saturated heterocycles. The lowest BCUT2D eigenvalue weighted by molar-refractivity contribution is -0.119. The van der Waals surface area contributed by atoms with Crippen molar-refractivity contribution in [3.05, 3.63) is 0 Å². The first kappa shape index (κ1) is 8.90. The maximum absolute atomic E-state index is 10.5. The molecule has 3 amide bonds. The molecule has 0 aliphatic heterocycles. The third-order valence-electron chi connectivity index (χ3n) is 0.798. The van der Waals surface area contributed by atoms with E-state index in [1.165, 1.54) is 0 Å². The quantitative estimate of drug-likeness (QED) is 0.466. The lowest BCUT2D eigenvalue weighted by Gasteiger charge is -1.99. The third-order valence-corrected chi connectivity index (χ3v) is 0.798. The highest BCUT2D eigenvalue weighted by atomic mass is 16.2. The number of imide groups is 1. The van der Waals surface area contributed by atoms with Crippen molar-refractivity contribution in [3.8, 4) is 0 Å². The van der Waals surface area contributed by atoms with Crippen LogP contribution in [0.15, 0.2) is 0 Å². The zero-order chi connectivity index (χ0) is 7.98. The third kappa shape index (κ3) is 5.04. The standard InChI is InChI=1S/C5H11N3O2/c1-2-7-3-4(9)8-5(6)10/h7H,2-3H2,1H3,(H3,6,8,9,10). The Kier molecular flexibility index (Phi) is 4.23. The van der Waals surface area contributed by atoms with E-state index in [4.69, 9.17) is 0 Å². The minimum absolute atomic E-state index is 0.124. The number of amides is 3. The molecule has 0 bridgehead atoms. The van der Waals surface area contributed by atoms with Crippen LogP contribution in [0.1, 0.15) is 6.92 Å². The van der Waals surface area contributed by atoms with Crippen molar-refractivity contribution in [2.45, 2.75) is 6.92 Å². The molecular weight excluding hydrogens is 134 g/mol. The van der Waals surface area contributed by atoms with Gasteiger partial charge in [-0.15, -0.1) is 0 Å². The predicted molar refractivity (Wildman–Crippen MR) is 36.3 cm³/mol. The van der Waals surface area contributed by atoms with E-state index in [0.29, 0.717) is 6.54 Å². The molecule has 5 nitrogen and oxygen atoms in total. The van der Waals surface area contributed by atoms with E-state index in [1.807, 2.05) is 12.2 Å². The number of hydrogen-bond acceptors (Lipinski definition) is 3. The summed E-state index contributed by atoms with van der Waals surface area (Å²) in [5, 5.41) is 4.65. The molecule has 0 heterocycles. The van der Waals surface area contributed by atoms with E-state index in [-0.39, 0.29) is 6.54 Å². The maximum atomic E-state index is 10.5. The first-order valence-corrected chi connectivity index (χ1v) is 2.96. The van der Waals surface area contributed by atoms with Crippen LogP contribution in [0.4, 0.5) is 4.79 Å². The van der Waals surface area contributed by atoms with Crippen molar-refractivity contribution in [1.82, 2.24) is 10.6 Å². The van der Waals surface area contributed by atoms with Crippen LogP contribution in [0.25, 0.3) is 0 Å². The topological polar surface area (TPSA) is 84.2 Å². The maximum Gasteiger partial charge on any atom is 0.318 e. The number of likely N-dealkylation sites (N-methyl/N-ethyl adjacent to an activating group) is 1. The molecule has 0 aliphatic rings. The Morgan fingerprint density at radius 1 is 1.50 bits per heavy atom. The number of nitrogens with two attached hydrogens (primary N) is 1. The van der Waals surface area contributed by atoms with Gasteiger partial charge in [0.1, 0.15) is 0 Å². The molecule has 0 atom stereocenters. The molecule has 0 aromatic carbocycles. The number of urea groups is 1. The fourth-order valence-corrected chi connectivity index (χ4v) is 0.420. The van der Waals surface area contributed by atoms with Gasteiger partial charge in [-0.05, 0) is 6.54 Å². The Labute approximate surface area is 59.0 Å². The average molecular weight is 145 g/mol. The van der Waals surface area contributed by atoms with Crippen LogP contribution < -0.4 is 16.4 Å². The molecule has 0 fully saturated rings. The van der Waals surface area contributed by atoms with Gasteiger partial charge in [-0.1, -0.05) is 6.92 Å². The first-order chi connectivity index (χ1) is 4.66. The molecule has 10 heavy (non-hydrogen) atoms. The van der Waals surface area contributed by atoms with Gasteiger partial charge >= 0.3 is 6.03 Å². The Bertz CT molecular complexity index is 135. The SMILES string of the molecule is CCNCC(=O)NC(N)=O. The summed E-state index contributed by atoms with van der Waals surface area (Å²) in [5.41, 5.74) is 4.67. The number of hydrogen-bond donors (Lipinski definition) is 3. The molecule has 4 N–H and O–H groups in total. The van der Waals surface area contributed by atoms with E-state index in [1.54, 1.807) is 0 Å². The number of carbonyl (C=O) groups excluding carboxylic acids is 2. The Morgan fingerprint density at radius 2 is 2.10 bits per heavy atom. The van der Waals surface area contributed by atoms with Gasteiger partial charge in [0.15, 0.2) is 0 Å². The first-order valence-electron chi connectivity index (χ1n) is 2.96. The molecule has 0 saturated carbocycles. The van der Waals surface area contributed by atoms with Crippen LogP contribution in [0.3, 0.4) is 0 Å². The number of rotatable bonds is 3. The van der Waals surface area contributed by atoms with Crippen molar-refractivity contribution in [3.63, 3.8) is 0 Å². The van der Waals surface area contributed by atoms with Gasteiger partial charge in [-0.25, -0.2) is 4.79 Å². The second-order valence-corrected chi connectivity index (χ2v) is 1.69. The summed E-state index contributed by atoms with van der Waals surface area (Å²) in [4.78, 5) is 20.6. The van der Waals surface area contributed by atoms with Gasteiger partial charge in [0, 0.05) is 0 Å². The molecule has 0 aliphatic carbocycles. The van der Waals surface area contributed by atoms with Crippen LogP contribution >= 0.6 is 0 Å². The predicted octanol–water partition coefficient (Wildman–Crippen LogP) is -1.21. The van der Waals surface area contributed by atoms with Crippen LogP contribution in [0.2, 0.25) is 0 Å². The van der Waals surface area contributed by atoms with Gasteiger partial charge in [0.25, 0.3) is 0 Å². The van der Waals surface area contributed by atoms with E-state index >= 15 is 0 Å². The molecule has 0 spiro atoms. The summed E-state index contributed by atoms with van der Waals surface area (Å²) < 4.78 is 0. The Morgan fingerprint density at radius 3 is 2.50 bits per heavy atom. The molecule has 5 heteroatoms. The summed E-state index contributed by atoms with van der Waals surface area (Å²) in [7, 11) is 0. The van der Waals surface area contributed by atoms with Gasteiger partial charge in [0.2, 0.25) is 5.91 Å². The fraction of sp³-hybridized carbons (Fsp3) is 0.600. The van der Waals surface area contributed by atoms with Crippen LogP contribution in [0.5, 0.6) is 0 Å². The highest BCUT2D eigenvalue weighted by Gasteiger charge is 2.00. The highest BCUT2D eigenvalue weighted by molar-refractivity contribution is 5.94. The Balaban J connectivity index is 3.35. The van der Waals surface area contributed by atoms with Crippen molar-refractivity contribution in [1.29, 1.82) is 0 Å². The van der Waals surface area contributed by atoms with Crippen molar-refractivity contribution < 1.29 is 9.59 Å². The summed E-state index contributed by atoms with van der Waals surface area (Å²) >= 11 is 0. The summed E-state index contributed by atoms with van der Waals surface area (Å²) in [6.45, 7) is 2.67. The molecule has 0 aromatic heterocycles. The minimum Gasteiger partial charge on any atom is -0.351 e. The van der Waals surface area contributed by atoms with Crippen molar-refractivity contribution in [2.75, 3.05) is 13.1 Å². The van der Waals surface area contributed by atoms with Crippen molar-refractivity contribution in [2.24, 2.45) is 5.73 Å². The second kappa shape index (κ2) is 4.75. The lowest BCUT2D eigenvalue weighted by Crippen LogP contribution is -2.40. The van der Waals surface area contributed by atoms with Crippen LogP contribution in [-0.4, -0.2) is 25.0 Å². The van der Waals surface area contributed by atoms with E-state index in [9.17, 15) is 9.59 Å². The monoisotopic (exact) mass is 145 g/mol.